The minimum Gasteiger partial charge on any atom is -0.434 e. The second-order valence-corrected chi connectivity index (χ2v) is 5.46. The van der Waals surface area contributed by atoms with Crippen LogP contribution in [0, 0.1) is 0 Å². The van der Waals surface area contributed by atoms with Gasteiger partial charge in [0.05, 0.1) is 11.3 Å². The number of halogens is 5. The molecule has 1 atom stereocenters. The Balaban J connectivity index is 2.26. The molecule has 23 heavy (non-hydrogen) atoms. The number of hydrogen-bond donors (Lipinski definition) is 2. The van der Waals surface area contributed by atoms with Gasteiger partial charge in [-0.2, -0.15) is 22.0 Å². The first kappa shape index (κ1) is 17.4. The summed E-state index contributed by atoms with van der Waals surface area (Å²) in [5.41, 5.74) is -1.33. The summed E-state index contributed by atoms with van der Waals surface area (Å²) in [5, 5.41) is 6.88. The summed E-state index contributed by atoms with van der Waals surface area (Å²) in [4.78, 5) is 11.0. The van der Waals surface area contributed by atoms with Gasteiger partial charge in [0.25, 0.3) is 0 Å². The van der Waals surface area contributed by atoms with Gasteiger partial charge in [-0.1, -0.05) is 11.8 Å². The van der Waals surface area contributed by atoms with Gasteiger partial charge in [-0.05, 0) is 29.2 Å². The van der Waals surface area contributed by atoms with Gasteiger partial charge in [-0.25, -0.2) is 0 Å². The number of carbonyl (C=O) groups excluding carboxylic acids is 1. The smallest absolute Gasteiger partial charge is 0.419 e. The summed E-state index contributed by atoms with van der Waals surface area (Å²) < 4.78 is 67.3. The zero-order valence-corrected chi connectivity index (χ0v) is 12.4. The fourth-order valence-corrected chi connectivity index (χ4v) is 2.77. The van der Waals surface area contributed by atoms with E-state index < -0.39 is 29.6 Å². The molecule has 1 aromatic carbocycles. The highest BCUT2D eigenvalue weighted by Gasteiger charge is 2.36. The lowest BCUT2D eigenvalue weighted by atomic mass is 10.1. The molecule has 1 aromatic rings. The number of ether oxygens (including phenoxy) is 1. The number of thioether (sulfide) groups is 1. The van der Waals surface area contributed by atoms with Gasteiger partial charge >= 0.3 is 12.8 Å². The maximum Gasteiger partial charge on any atom is 0.419 e. The van der Waals surface area contributed by atoms with Crippen LogP contribution in [-0.2, 0) is 11.0 Å². The number of carbonyl (C=O) groups is 1. The van der Waals surface area contributed by atoms with Crippen LogP contribution >= 0.6 is 11.8 Å². The van der Waals surface area contributed by atoms with Crippen LogP contribution in [0.4, 0.5) is 22.0 Å². The van der Waals surface area contributed by atoms with Gasteiger partial charge < -0.3 is 15.4 Å². The molecule has 126 valence electrons. The lowest BCUT2D eigenvalue weighted by Crippen LogP contribution is -2.38. The van der Waals surface area contributed by atoms with Gasteiger partial charge in [0, 0.05) is 6.92 Å². The molecule has 1 aliphatic rings. The molecule has 0 saturated carbocycles. The number of rotatable bonds is 4. The van der Waals surface area contributed by atoms with Gasteiger partial charge in [0.15, 0.2) is 5.50 Å². The van der Waals surface area contributed by atoms with Crippen molar-refractivity contribution in [3.8, 4) is 5.75 Å². The predicted molar refractivity (Wildman–Crippen MR) is 74.4 cm³/mol. The molecule has 0 spiro atoms. The molecule has 0 aliphatic carbocycles. The van der Waals surface area contributed by atoms with Crippen molar-refractivity contribution >= 4 is 23.4 Å². The number of amides is 1. The molecule has 1 heterocycles. The van der Waals surface area contributed by atoms with E-state index in [0.29, 0.717) is 11.8 Å². The number of alkyl halides is 5. The van der Waals surface area contributed by atoms with E-state index in [1.165, 1.54) is 18.4 Å². The molecule has 2 rings (SSSR count). The first-order chi connectivity index (χ1) is 10.7. The standard InChI is InChI=1S/C13H11F5N2O2S/c1-6(21)19-12-20-9(5-23-12)7-2-3-10(22-11(14)15)8(4-7)13(16,17)18/h2-5,11-12,20H,1H3,(H,19,21). The van der Waals surface area contributed by atoms with Gasteiger partial charge in [0.1, 0.15) is 5.75 Å². The lowest BCUT2D eigenvalue weighted by molar-refractivity contribution is -0.141. The van der Waals surface area contributed by atoms with Gasteiger partial charge in [-0.3, -0.25) is 4.79 Å². The van der Waals surface area contributed by atoms with Gasteiger partial charge in [0.2, 0.25) is 5.91 Å². The average Bonchev–Trinajstić information content (AvgIpc) is 2.84. The Morgan fingerprint density at radius 2 is 2.09 bits per heavy atom. The monoisotopic (exact) mass is 354 g/mol. The van der Waals surface area contributed by atoms with E-state index in [0.717, 1.165) is 17.8 Å². The van der Waals surface area contributed by atoms with Crippen molar-refractivity contribution in [2.45, 2.75) is 25.2 Å². The summed E-state index contributed by atoms with van der Waals surface area (Å²) in [6.07, 6.45) is -4.84. The molecule has 0 radical (unpaired) electrons. The topological polar surface area (TPSA) is 50.4 Å². The minimum absolute atomic E-state index is 0.138. The highest BCUT2D eigenvalue weighted by molar-refractivity contribution is 8.03. The van der Waals surface area contributed by atoms with Crippen LogP contribution in [0.5, 0.6) is 5.75 Å². The molecule has 0 saturated heterocycles. The molecule has 0 fully saturated rings. The van der Waals surface area contributed by atoms with Crippen molar-refractivity contribution in [2.75, 3.05) is 0 Å². The highest BCUT2D eigenvalue weighted by Crippen LogP contribution is 2.39. The molecule has 2 N–H and O–H groups in total. The number of nitrogens with one attached hydrogen (secondary N) is 2. The largest absolute Gasteiger partial charge is 0.434 e. The zero-order chi connectivity index (χ0) is 17.2. The molecular formula is C13H11F5N2O2S. The average molecular weight is 354 g/mol. The fourth-order valence-electron chi connectivity index (χ4n) is 1.87. The van der Waals surface area contributed by atoms with Crippen LogP contribution in [-0.4, -0.2) is 18.0 Å². The first-order valence-electron chi connectivity index (χ1n) is 6.22. The van der Waals surface area contributed by atoms with Crippen molar-refractivity contribution in [1.29, 1.82) is 0 Å². The van der Waals surface area contributed by atoms with Crippen molar-refractivity contribution in [3.63, 3.8) is 0 Å². The number of benzene rings is 1. The SMILES string of the molecule is CC(=O)NC1NC(c2ccc(OC(F)F)c(C(F)(F)F)c2)=CS1. The third kappa shape index (κ3) is 4.50. The van der Waals surface area contributed by atoms with E-state index in [2.05, 4.69) is 15.4 Å². The normalized spacial score (nSPS) is 17.7. The Morgan fingerprint density at radius 3 is 2.65 bits per heavy atom. The number of hydrogen-bond acceptors (Lipinski definition) is 4. The maximum atomic E-state index is 13.0. The predicted octanol–water partition coefficient (Wildman–Crippen LogP) is 3.36. The van der Waals surface area contributed by atoms with Crippen LogP contribution in [0.1, 0.15) is 18.1 Å². The zero-order valence-electron chi connectivity index (χ0n) is 11.6. The Labute approximate surface area is 132 Å². The van der Waals surface area contributed by atoms with Crippen molar-refractivity contribution in [3.05, 3.63) is 34.7 Å². The van der Waals surface area contributed by atoms with E-state index in [-0.39, 0.29) is 11.5 Å². The Morgan fingerprint density at radius 1 is 1.39 bits per heavy atom. The molecule has 0 aromatic heterocycles. The van der Waals surface area contributed by atoms with E-state index >= 15 is 0 Å². The Hall–Kier alpha value is -1.97. The van der Waals surface area contributed by atoms with Crippen molar-refractivity contribution in [1.82, 2.24) is 10.6 Å². The molecule has 0 bridgehead atoms. The fraction of sp³-hybridized carbons (Fsp3) is 0.308. The summed E-state index contributed by atoms with van der Waals surface area (Å²) >= 11 is 1.16. The van der Waals surface area contributed by atoms with Crippen LogP contribution in [0.15, 0.2) is 23.6 Å². The van der Waals surface area contributed by atoms with E-state index in [1.807, 2.05) is 0 Å². The van der Waals surface area contributed by atoms with Crippen LogP contribution in [0.3, 0.4) is 0 Å². The first-order valence-corrected chi connectivity index (χ1v) is 7.17. The molecular weight excluding hydrogens is 343 g/mol. The third-order valence-electron chi connectivity index (χ3n) is 2.75. The van der Waals surface area contributed by atoms with E-state index in [9.17, 15) is 26.7 Å². The lowest BCUT2D eigenvalue weighted by Gasteiger charge is -2.17. The Bertz CT molecular complexity index is 633. The minimum atomic E-state index is -4.84. The second kappa shape index (κ2) is 6.65. The van der Waals surface area contributed by atoms with E-state index in [1.54, 1.807) is 0 Å². The van der Waals surface area contributed by atoms with Crippen LogP contribution < -0.4 is 15.4 Å². The molecule has 1 aliphatic heterocycles. The molecule has 4 nitrogen and oxygen atoms in total. The highest BCUT2D eigenvalue weighted by atomic mass is 32.2. The van der Waals surface area contributed by atoms with Crippen LogP contribution in [0.25, 0.3) is 5.70 Å². The quantitative estimate of drug-likeness (QED) is 0.814. The van der Waals surface area contributed by atoms with Crippen LogP contribution in [0.2, 0.25) is 0 Å². The summed E-state index contributed by atoms with van der Waals surface area (Å²) in [6, 6.07) is 2.78. The molecule has 1 unspecified atom stereocenters. The van der Waals surface area contributed by atoms with E-state index in [4.69, 9.17) is 0 Å². The Kier molecular flexibility index (Phi) is 5.03. The van der Waals surface area contributed by atoms with Gasteiger partial charge in [-0.15, -0.1) is 0 Å². The summed E-state index contributed by atoms with van der Waals surface area (Å²) in [7, 11) is 0. The third-order valence-corrected chi connectivity index (χ3v) is 3.63. The second-order valence-electron chi connectivity index (χ2n) is 4.48. The van der Waals surface area contributed by atoms with Crippen molar-refractivity contribution in [2.24, 2.45) is 0 Å². The molecule has 1 amide bonds. The maximum absolute atomic E-state index is 13.0. The molecule has 10 heteroatoms. The van der Waals surface area contributed by atoms with Crippen molar-refractivity contribution < 1.29 is 31.5 Å². The summed E-state index contributed by atoms with van der Waals surface area (Å²) in [6.45, 7) is -2.05. The summed E-state index contributed by atoms with van der Waals surface area (Å²) in [5.74, 6) is -1.25.